The van der Waals surface area contributed by atoms with Gasteiger partial charge in [0.15, 0.2) is 11.5 Å². The van der Waals surface area contributed by atoms with Crippen LogP contribution in [0.3, 0.4) is 0 Å². The van der Waals surface area contributed by atoms with E-state index in [-0.39, 0.29) is 5.56 Å². The van der Waals surface area contributed by atoms with Gasteiger partial charge < -0.3 is 9.47 Å². The molecular weight excluding hydrogens is 362 g/mol. The van der Waals surface area contributed by atoms with E-state index < -0.39 is 0 Å². The van der Waals surface area contributed by atoms with Crippen molar-refractivity contribution in [3.05, 3.63) is 51.4 Å². The molecule has 1 aliphatic rings. The van der Waals surface area contributed by atoms with Gasteiger partial charge in [-0.15, -0.1) is 11.3 Å². The van der Waals surface area contributed by atoms with E-state index in [9.17, 15) is 4.79 Å². The fourth-order valence-electron chi connectivity index (χ4n) is 3.53. The lowest BCUT2D eigenvalue weighted by molar-refractivity contribution is 0.269. The second kappa shape index (κ2) is 7.70. The van der Waals surface area contributed by atoms with Gasteiger partial charge in [0.1, 0.15) is 10.5 Å². The Labute approximate surface area is 162 Å². The first kappa shape index (κ1) is 18.0. The van der Waals surface area contributed by atoms with Crippen LogP contribution < -0.4 is 15.0 Å². The summed E-state index contributed by atoms with van der Waals surface area (Å²) in [5, 5.41) is 1.94. The van der Waals surface area contributed by atoms with E-state index in [4.69, 9.17) is 14.5 Å². The van der Waals surface area contributed by atoms with Gasteiger partial charge in [-0.25, -0.2) is 4.98 Å². The Morgan fingerprint density at radius 1 is 1.19 bits per heavy atom. The Bertz CT molecular complexity index is 1010. The first-order valence-electron chi connectivity index (χ1n) is 9.18. The van der Waals surface area contributed by atoms with Gasteiger partial charge >= 0.3 is 0 Å². The van der Waals surface area contributed by atoms with Gasteiger partial charge in [0, 0.05) is 32.6 Å². The van der Waals surface area contributed by atoms with E-state index in [1.165, 1.54) is 16.9 Å². The summed E-state index contributed by atoms with van der Waals surface area (Å²) >= 11 is 1.47. The minimum atomic E-state index is 0.0925. The van der Waals surface area contributed by atoms with Gasteiger partial charge in [-0.1, -0.05) is 6.07 Å². The number of aromatic nitrogens is 2. The van der Waals surface area contributed by atoms with E-state index in [0.717, 1.165) is 53.6 Å². The lowest BCUT2D eigenvalue weighted by atomic mass is 10.2. The summed E-state index contributed by atoms with van der Waals surface area (Å²) in [6.07, 6.45) is 0.773. The molecule has 2 aromatic heterocycles. The number of fused-ring (bicyclic) bond motifs is 2. The highest BCUT2D eigenvalue weighted by molar-refractivity contribution is 7.17. The van der Waals surface area contributed by atoms with E-state index in [0.29, 0.717) is 13.2 Å². The first-order chi connectivity index (χ1) is 13.2. The third-order valence-corrected chi connectivity index (χ3v) is 5.76. The van der Waals surface area contributed by atoms with Crippen molar-refractivity contribution in [1.82, 2.24) is 14.5 Å². The van der Waals surface area contributed by atoms with E-state index >= 15 is 0 Å². The van der Waals surface area contributed by atoms with Crippen molar-refractivity contribution in [2.45, 2.75) is 26.4 Å². The molecule has 27 heavy (non-hydrogen) atoms. The van der Waals surface area contributed by atoms with Gasteiger partial charge in [-0.05, 0) is 36.1 Å². The van der Waals surface area contributed by atoms with Crippen molar-refractivity contribution in [3.63, 3.8) is 0 Å². The minimum Gasteiger partial charge on any atom is -0.493 e. The monoisotopic (exact) mass is 385 g/mol. The summed E-state index contributed by atoms with van der Waals surface area (Å²) in [5.41, 5.74) is 2.09. The average Bonchev–Trinajstić information content (AvgIpc) is 3.05. The van der Waals surface area contributed by atoms with E-state index in [2.05, 4.69) is 11.0 Å². The van der Waals surface area contributed by atoms with Crippen LogP contribution in [0.15, 0.2) is 34.4 Å². The highest BCUT2D eigenvalue weighted by Gasteiger charge is 2.18. The first-order valence-corrected chi connectivity index (χ1v) is 10.1. The molecule has 0 amide bonds. The van der Waals surface area contributed by atoms with Crippen molar-refractivity contribution in [2.75, 3.05) is 26.8 Å². The van der Waals surface area contributed by atoms with Gasteiger partial charge in [-0.2, -0.15) is 0 Å². The van der Waals surface area contributed by atoms with E-state index in [1.807, 2.05) is 35.1 Å². The number of benzene rings is 1. The summed E-state index contributed by atoms with van der Waals surface area (Å²) in [4.78, 5) is 19.8. The highest BCUT2D eigenvalue weighted by atomic mass is 32.1. The average molecular weight is 385 g/mol. The minimum absolute atomic E-state index is 0.0925. The zero-order valence-corrected chi connectivity index (χ0v) is 16.4. The largest absolute Gasteiger partial charge is 0.493 e. The second-order valence-electron chi connectivity index (χ2n) is 6.56. The number of ether oxygens (including phenoxy) is 2. The van der Waals surface area contributed by atoms with Crippen LogP contribution in [0.1, 0.15) is 18.3 Å². The zero-order chi connectivity index (χ0) is 18.8. The molecule has 0 fully saturated rings. The van der Waals surface area contributed by atoms with Crippen molar-refractivity contribution in [3.8, 4) is 11.5 Å². The van der Waals surface area contributed by atoms with E-state index in [1.54, 1.807) is 7.11 Å². The SMILES string of the molecule is CCOc1cc(CN2CCc3nc4ccsc4c(=O)n3CC2)ccc1OC. The maximum Gasteiger partial charge on any atom is 0.271 e. The van der Waals surface area contributed by atoms with Crippen LogP contribution in [0.2, 0.25) is 0 Å². The molecule has 0 bridgehead atoms. The lowest BCUT2D eigenvalue weighted by Crippen LogP contribution is -2.28. The predicted octanol–water partition coefficient (Wildman–Crippen LogP) is 2.92. The Morgan fingerprint density at radius 2 is 2.07 bits per heavy atom. The molecule has 3 heterocycles. The smallest absolute Gasteiger partial charge is 0.271 e. The number of hydrogen-bond donors (Lipinski definition) is 0. The van der Waals surface area contributed by atoms with Gasteiger partial charge in [0.2, 0.25) is 0 Å². The zero-order valence-electron chi connectivity index (χ0n) is 15.6. The Kier molecular flexibility index (Phi) is 5.13. The molecule has 0 saturated heterocycles. The van der Waals surface area contributed by atoms with Crippen molar-refractivity contribution in [2.24, 2.45) is 0 Å². The molecule has 0 spiro atoms. The predicted molar refractivity (Wildman–Crippen MR) is 107 cm³/mol. The fourth-order valence-corrected chi connectivity index (χ4v) is 4.31. The molecule has 7 heteroatoms. The van der Waals surface area contributed by atoms with Crippen LogP contribution in [-0.4, -0.2) is 41.3 Å². The molecule has 6 nitrogen and oxygen atoms in total. The van der Waals surface area contributed by atoms with Gasteiger partial charge in [0.25, 0.3) is 5.56 Å². The number of hydrogen-bond acceptors (Lipinski definition) is 6. The van der Waals surface area contributed by atoms with Crippen LogP contribution in [-0.2, 0) is 19.5 Å². The molecule has 1 aromatic carbocycles. The maximum atomic E-state index is 12.7. The molecule has 0 radical (unpaired) electrons. The number of nitrogens with zero attached hydrogens (tertiary/aromatic N) is 3. The molecular formula is C20H23N3O3S. The molecule has 0 aliphatic carbocycles. The molecule has 142 valence electrons. The molecule has 4 rings (SSSR count). The molecule has 0 saturated carbocycles. The number of rotatable bonds is 5. The van der Waals surface area contributed by atoms with Crippen LogP contribution >= 0.6 is 11.3 Å². The lowest BCUT2D eigenvalue weighted by Gasteiger charge is -2.20. The normalized spacial score (nSPS) is 14.7. The standard InChI is InChI=1S/C20H23N3O3S/c1-3-26-17-12-14(4-5-16(17)25-2)13-22-8-6-18-21-15-7-11-27-19(15)20(24)23(18)10-9-22/h4-5,7,11-12H,3,6,8-10,13H2,1-2H3. The number of thiophene rings is 1. The third-order valence-electron chi connectivity index (χ3n) is 4.87. The summed E-state index contributed by atoms with van der Waals surface area (Å²) in [7, 11) is 1.65. The quantitative estimate of drug-likeness (QED) is 0.676. The third kappa shape index (κ3) is 3.57. The fraction of sp³-hybridized carbons (Fsp3) is 0.400. The molecule has 0 atom stereocenters. The Morgan fingerprint density at radius 3 is 2.89 bits per heavy atom. The topological polar surface area (TPSA) is 56.6 Å². The van der Waals surface area contributed by atoms with Crippen LogP contribution in [0, 0.1) is 0 Å². The Hall–Kier alpha value is -2.38. The van der Waals surface area contributed by atoms with Crippen LogP contribution in [0.25, 0.3) is 10.2 Å². The van der Waals surface area contributed by atoms with Crippen molar-refractivity contribution >= 4 is 21.6 Å². The van der Waals surface area contributed by atoms with Crippen LogP contribution in [0.4, 0.5) is 0 Å². The summed E-state index contributed by atoms with van der Waals surface area (Å²) in [6, 6.07) is 7.99. The highest BCUT2D eigenvalue weighted by Crippen LogP contribution is 2.28. The summed E-state index contributed by atoms with van der Waals surface area (Å²) in [5.74, 6) is 2.41. The molecule has 0 unspecified atom stereocenters. The summed E-state index contributed by atoms with van der Waals surface area (Å²) < 4.78 is 13.6. The molecule has 0 N–H and O–H groups in total. The Balaban J connectivity index is 1.53. The number of methoxy groups -OCH3 is 1. The van der Waals surface area contributed by atoms with Crippen LogP contribution in [0.5, 0.6) is 11.5 Å². The molecule has 3 aromatic rings. The van der Waals surface area contributed by atoms with Gasteiger partial charge in [0.05, 0.1) is 19.2 Å². The molecule has 1 aliphatic heterocycles. The second-order valence-corrected chi connectivity index (χ2v) is 7.48. The van der Waals surface area contributed by atoms with Crippen molar-refractivity contribution in [1.29, 1.82) is 0 Å². The van der Waals surface area contributed by atoms with Crippen molar-refractivity contribution < 1.29 is 9.47 Å². The summed E-state index contributed by atoms with van der Waals surface area (Å²) in [6.45, 7) is 5.74. The van der Waals surface area contributed by atoms with Gasteiger partial charge in [-0.3, -0.25) is 14.3 Å². The maximum absolute atomic E-state index is 12.7.